The number of carbonyl (C=O) groups is 5. The van der Waals surface area contributed by atoms with Crippen molar-refractivity contribution in [1.82, 2.24) is 0 Å². The molecule has 0 aliphatic rings. The number of hydrogen-bond donors (Lipinski definition) is 0. The van der Waals surface area contributed by atoms with Crippen LogP contribution in [0.25, 0.3) is 0 Å². The Balaban J connectivity index is 1.68. The maximum absolute atomic E-state index is 14.4. The smallest absolute Gasteiger partial charge is 0.338 e. The van der Waals surface area contributed by atoms with Gasteiger partial charge in [0.2, 0.25) is 0 Å². The van der Waals surface area contributed by atoms with E-state index in [4.69, 9.17) is 71.1 Å². The van der Waals surface area contributed by atoms with Crippen molar-refractivity contribution < 1.29 is 95.0 Å². The molecule has 5 aromatic rings. The Labute approximate surface area is 402 Å². The first-order valence-corrected chi connectivity index (χ1v) is 20.9. The van der Waals surface area contributed by atoms with Crippen LogP contribution in [0.2, 0.25) is 0 Å². The van der Waals surface area contributed by atoms with Crippen LogP contribution in [0.15, 0.2) is 91.0 Å². The molecule has 5 aromatic carbocycles. The highest BCUT2D eigenvalue weighted by Gasteiger charge is 2.41. The second-order valence-corrected chi connectivity index (χ2v) is 14.3. The fraction of sp³-hybridized carbons (Fsp3) is 0.300. The van der Waals surface area contributed by atoms with Crippen LogP contribution in [0.3, 0.4) is 0 Å². The van der Waals surface area contributed by atoms with E-state index >= 15 is 0 Å². The monoisotopic (exact) mass is 972 g/mol. The lowest BCUT2D eigenvalue weighted by Crippen LogP contribution is -2.50. The molecule has 0 bridgehead atoms. The van der Waals surface area contributed by atoms with Gasteiger partial charge >= 0.3 is 29.8 Å². The Bertz CT molecular complexity index is 2500. The topological polar surface area (TPSA) is 224 Å². The molecular formula is C50H52O20. The van der Waals surface area contributed by atoms with Crippen molar-refractivity contribution in [1.29, 1.82) is 0 Å². The molecule has 70 heavy (non-hydrogen) atoms. The van der Waals surface area contributed by atoms with Crippen molar-refractivity contribution in [3.63, 3.8) is 0 Å². The van der Waals surface area contributed by atoms with E-state index in [1.807, 2.05) is 0 Å². The molecule has 0 aliphatic carbocycles. The van der Waals surface area contributed by atoms with E-state index in [0.717, 1.165) is 0 Å². The molecule has 3 atom stereocenters. The first-order chi connectivity index (χ1) is 33.8. The quantitative estimate of drug-likeness (QED) is 0.0478. The van der Waals surface area contributed by atoms with Crippen LogP contribution >= 0.6 is 0 Å². The van der Waals surface area contributed by atoms with Crippen LogP contribution < -0.4 is 47.4 Å². The van der Waals surface area contributed by atoms with Gasteiger partial charge in [-0.3, -0.25) is 0 Å². The van der Waals surface area contributed by atoms with Crippen molar-refractivity contribution in [3.05, 3.63) is 119 Å². The van der Waals surface area contributed by atoms with Crippen molar-refractivity contribution >= 4 is 29.8 Å². The molecule has 0 fully saturated rings. The summed E-state index contributed by atoms with van der Waals surface area (Å²) in [6.45, 7) is -1.74. The molecule has 0 aliphatic heterocycles. The summed E-state index contributed by atoms with van der Waals surface area (Å²) in [5, 5.41) is 0. The van der Waals surface area contributed by atoms with E-state index in [1.165, 1.54) is 162 Å². The zero-order valence-corrected chi connectivity index (χ0v) is 40.0. The average Bonchev–Trinajstić information content (AvgIpc) is 3.40. The minimum atomic E-state index is -1.97. The van der Waals surface area contributed by atoms with Gasteiger partial charge in [0.05, 0.1) is 98.9 Å². The van der Waals surface area contributed by atoms with Crippen molar-refractivity contribution in [2.75, 3.05) is 84.3 Å². The molecule has 0 amide bonds. The summed E-state index contributed by atoms with van der Waals surface area (Å²) in [7, 11) is 13.8. The van der Waals surface area contributed by atoms with Gasteiger partial charge in [-0.2, -0.15) is 0 Å². The first kappa shape index (κ1) is 52.4. The normalized spacial score (nSPS) is 11.8. The Hall–Kier alpha value is -8.55. The van der Waals surface area contributed by atoms with Crippen LogP contribution in [0.1, 0.15) is 51.8 Å². The molecule has 0 heterocycles. The lowest BCUT2D eigenvalue weighted by Gasteiger charge is -2.32. The molecule has 0 spiro atoms. The lowest BCUT2D eigenvalue weighted by atomic mass is 10.1. The molecule has 0 radical (unpaired) electrons. The molecule has 372 valence electrons. The second kappa shape index (κ2) is 25.0. The Morgan fingerprint density at radius 1 is 0.300 bits per heavy atom. The van der Waals surface area contributed by atoms with Crippen LogP contribution in [-0.4, -0.2) is 132 Å². The van der Waals surface area contributed by atoms with E-state index in [-0.39, 0.29) is 73.8 Å². The predicted molar refractivity (Wildman–Crippen MR) is 246 cm³/mol. The molecule has 0 N–H and O–H groups in total. The van der Waals surface area contributed by atoms with Crippen LogP contribution in [-0.2, 0) is 23.7 Å². The maximum Gasteiger partial charge on any atom is 0.338 e. The molecular weight excluding hydrogens is 921 g/mol. The summed E-state index contributed by atoms with van der Waals surface area (Å²) in [5.74, 6) is -2.90. The Kier molecular flexibility index (Phi) is 18.7. The molecule has 1 unspecified atom stereocenters. The number of rotatable bonds is 24. The predicted octanol–water partition coefficient (Wildman–Crippen LogP) is 6.46. The van der Waals surface area contributed by atoms with Gasteiger partial charge in [-0.1, -0.05) is 0 Å². The largest absolute Gasteiger partial charge is 0.493 e. The molecule has 20 nitrogen and oxygen atoms in total. The number of esters is 5. The van der Waals surface area contributed by atoms with Gasteiger partial charge in [-0.15, -0.1) is 0 Å². The zero-order chi connectivity index (χ0) is 50.9. The maximum atomic E-state index is 14.4. The molecule has 0 saturated carbocycles. The average molecular weight is 973 g/mol. The third-order valence-corrected chi connectivity index (χ3v) is 10.3. The third-order valence-electron chi connectivity index (χ3n) is 10.3. The fourth-order valence-corrected chi connectivity index (χ4v) is 6.68. The number of ether oxygens (including phenoxy) is 15. The number of carbonyl (C=O) groups excluding carboxylic acids is 5. The molecule has 0 aromatic heterocycles. The summed E-state index contributed by atoms with van der Waals surface area (Å²) in [6.07, 6.45) is -5.70. The van der Waals surface area contributed by atoms with Crippen molar-refractivity contribution in [2.24, 2.45) is 0 Å². The number of benzene rings is 5. The third kappa shape index (κ3) is 12.7. The van der Waals surface area contributed by atoms with Crippen molar-refractivity contribution in [2.45, 2.75) is 18.3 Å². The van der Waals surface area contributed by atoms with Crippen molar-refractivity contribution in [3.8, 4) is 57.5 Å². The van der Waals surface area contributed by atoms with E-state index in [0.29, 0.717) is 11.5 Å². The van der Waals surface area contributed by atoms with Gasteiger partial charge in [0.1, 0.15) is 13.2 Å². The molecule has 0 saturated heterocycles. The fourth-order valence-electron chi connectivity index (χ4n) is 6.68. The summed E-state index contributed by atoms with van der Waals surface area (Å²) in [4.78, 5) is 70.6. The van der Waals surface area contributed by atoms with Crippen LogP contribution in [0.4, 0.5) is 0 Å². The minimum absolute atomic E-state index is 0.0261. The van der Waals surface area contributed by atoms with Crippen LogP contribution in [0, 0.1) is 0 Å². The lowest BCUT2D eigenvalue weighted by molar-refractivity contribution is -0.112. The summed E-state index contributed by atoms with van der Waals surface area (Å²) in [6, 6.07) is 20.8. The summed E-state index contributed by atoms with van der Waals surface area (Å²) >= 11 is 0. The highest BCUT2D eigenvalue weighted by molar-refractivity contribution is 5.93. The van der Waals surface area contributed by atoms with E-state index < -0.39 is 61.4 Å². The number of hydrogen-bond acceptors (Lipinski definition) is 20. The summed E-state index contributed by atoms with van der Waals surface area (Å²) in [5.41, 5.74) is -0.374. The van der Waals surface area contributed by atoms with Gasteiger partial charge < -0.3 is 71.1 Å². The van der Waals surface area contributed by atoms with Gasteiger partial charge in [0.25, 0.3) is 0 Å². The minimum Gasteiger partial charge on any atom is -0.493 e. The standard InChI is InChI=1S/C50H52O20/c1-56-33-16-11-28(21-38(33)61-6)46(51)66-26-43(68-48(53)30-13-18-35(58-3)40(23-30)63-8)45(70-50(55)32-15-20-37(60-5)42(25-32)65-10)44(69-49(54)31-14-19-36(59-4)41(24-31)64-9)27-67-47(52)29-12-17-34(57-2)39(22-29)62-7/h11-25,43-45H,26-27H2,1-10H3/t43-,44+,45?. The SMILES string of the molecule is COc1ccc(C(=O)OC[C@H](OC(=O)c2ccc(OC)c(OC)c2)C(OC(=O)c2ccc(OC)c(OC)c2)[C@@H](COC(=O)c2ccc(OC)c(OC)c2)OC(=O)c2ccc(OC)c(OC)c2)cc1OC. The van der Waals surface area contributed by atoms with E-state index in [1.54, 1.807) is 0 Å². The Morgan fingerprint density at radius 2 is 0.514 bits per heavy atom. The van der Waals surface area contributed by atoms with E-state index in [2.05, 4.69) is 0 Å². The summed E-state index contributed by atoms with van der Waals surface area (Å²) < 4.78 is 83.4. The molecule has 20 heteroatoms. The highest BCUT2D eigenvalue weighted by atomic mass is 16.6. The Morgan fingerprint density at radius 3 is 0.743 bits per heavy atom. The number of methoxy groups -OCH3 is 10. The zero-order valence-electron chi connectivity index (χ0n) is 40.0. The second-order valence-electron chi connectivity index (χ2n) is 14.3. The first-order valence-electron chi connectivity index (χ1n) is 20.9. The van der Waals surface area contributed by atoms with Crippen LogP contribution in [0.5, 0.6) is 57.5 Å². The highest BCUT2D eigenvalue weighted by Crippen LogP contribution is 2.33. The van der Waals surface area contributed by atoms with E-state index in [9.17, 15) is 24.0 Å². The van der Waals surface area contributed by atoms with Gasteiger partial charge in [-0.25, -0.2) is 24.0 Å². The van der Waals surface area contributed by atoms with Gasteiger partial charge in [-0.05, 0) is 91.0 Å². The molecule has 5 rings (SSSR count). The van der Waals surface area contributed by atoms with Gasteiger partial charge in [0.15, 0.2) is 75.8 Å². The van der Waals surface area contributed by atoms with Gasteiger partial charge in [0, 0.05) is 0 Å².